The molecule has 1 aliphatic rings. The fourth-order valence-electron chi connectivity index (χ4n) is 3.11. The van der Waals surface area contributed by atoms with Crippen molar-refractivity contribution in [3.8, 4) is 0 Å². The number of hydrogen-bond donors (Lipinski definition) is 1. The number of benzene rings is 1. The molecule has 134 valence electrons. The first kappa shape index (κ1) is 17.6. The molecule has 0 fully saturated rings. The van der Waals surface area contributed by atoms with E-state index in [9.17, 15) is 17.6 Å². The summed E-state index contributed by atoms with van der Waals surface area (Å²) in [6, 6.07) is 9.03. The number of nitrogens with one attached hydrogen (secondary N) is 1. The molecule has 1 amide bonds. The Labute approximate surface area is 146 Å². The summed E-state index contributed by atoms with van der Waals surface area (Å²) in [7, 11) is -2.45. The maximum atomic E-state index is 14.1. The van der Waals surface area contributed by atoms with Crippen molar-refractivity contribution in [3.63, 3.8) is 0 Å². The van der Waals surface area contributed by atoms with Gasteiger partial charge in [-0.1, -0.05) is 12.1 Å². The Bertz CT molecular complexity index is 879. The van der Waals surface area contributed by atoms with Gasteiger partial charge in [0, 0.05) is 38.4 Å². The van der Waals surface area contributed by atoms with Crippen LogP contribution < -0.4 is 5.32 Å². The predicted octanol–water partition coefficient (Wildman–Crippen LogP) is 1.58. The lowest BCUT2D eigenvalue weighted by Gasteiger charge is -2.23. The Morgan fingerprint density at radius 3 is 2.72 bits per heavy atom. The summed E-state index contributed by atoms with van der Waals surface area (Å²) < 4.78 is 43.2. The van der Waals surface area contributed by atoms with Crippen LogP contribution in [0.1, 0.15) is 12.1 Å². The molecular weight excluding hydrogens is 345 g/mol. The van der Waals surface area contributed by atoms with Crippen LogP contribution in [-0.4, -0.2) is 36.8 Å². The standard InChI is InChI=1S/C17H20FN3O3S/c1-19-17(22)9-13-10-20-8-4-5-14(20)12-21(11-13)25(23,24)16-7-3-2-6-15(16)18/h2-8,13H,9-12H2,1H3,(H,19,22)/t13-/m0/s1. The van der Waals surface area contributed by atoms with E-state index in [2.05, 4.69) is 5.32 Å². The second kappa shape index (κ2) is 6.97. The van der Waals surface area contributed by atoms with Gasteiger partial charge in [0.25, 0.3) is 0 Å². The molecule has 1 aliphatic heterocycles. The summed E-state index contributed by atoms with van der Waals surface area (Å²) in [5.41, 5.74) is 0.819. The van der Waals surface area contributed by atoms with Crippen LogP contribution in [0.4, 0.5) is 4.39 Å². The van der Waals surface area contributed by atoms with E-state index in [4.69, 9.17) is 0 Å². The number of fused-ring (bicyclic) bond motifs is 1. The van der Waals surface area contributed by atoms with Gasteiger partial charge in [0.2, 0.25) is 15.9 Å². The Balaban J connectivity index is 1.97. The highest BCUT2D eigenvalue weighted by molar-refractivity contribution is 7.89. The van der Waals surface area contributed by atoms with Crippen LogP contribution >= 0.6 is 0 Å². The summed E-state index contributed by atoms with van der Waals surface area (Å²) in [4.78, 5) is 11.4. The van der Waals surface area contributed by atoms with Crippen LogP contribution in [0.5, 0.6) is 0 Å². The molecule has 0 bridgehead atoms. The predicted molar refractivity (Wildman–Crippen MR) is 90.6 cm³/mol. The SMILES string of the molecule is CNC(=O)C[C@@H]1CN(S(=O)(=O)c2ccccc2F)Cc2cccn2C1. The van der Waals surface area contributed by atoms with Crippen molar-refractivity contribution < 1.29 is 17.6 Å². The molecule has 0 saturated carbocycles. The Morgan fingerprint density at radius 1 is 1.24 bits per heavy atom. The lowest BCUT2D eigenvalue weighted by molar-refractivity contribution is -0.121. The molecule has 6 nitrogen and oxygen atoms in total. The number of hydrogen-bond acceptors (Lipinski definition) is 3. The third-order valence-electron chi connectivity index (χ3n) is 4.39. The highest BCUT2D eigenvalue weighted by atomic mass is 32.2. The lowest BCUT2D eigenvalue weighted by Crippen LogP contribution is -2.36. The zero-order valence-corrected chi connectivity index (χ0v) is 14.7. The Kier molecular flexibility index (Phi) is 4.91. The minimum atomic E-state index is -4.00. The molecule has 0 aliphatic carbocycles. The van der Waals surface area contributed by atoms with Crippen molar-refractivity contribution in [1.82, 2.24) is 14.2 Å². The van der Waals surface area contributed by atoms with Crippen LogP contribution in [-0.2, 0) is 27.9 Å². The van der Waals surface area contributed by atoms with E-state index < -0.39 is 15.8 Å². The fourth-order valence-corrected chi connectivity index (χ4v) is 4.66. The van der Waals surface area contributed by atoms with Crippen LogP contribution in [0.2, 0.25) is 0 Å². The molecule has 1 aromatic heterocycles. The first-order valence-corrected chi connectivity index (χ1v) is 9.45. The summed E-state index contributed by atoms with van der Waals surface area (Å²) in [6.07, 6.45) is 2.07. The van der Waals surface area contributed by atoms with Crippen molar-refractivity contribution in [2.75, 3.05) is 13.6 Å². The fraction of sp³-hybridized carbons (Fsp3) is 0.353. The first-order valence-electron chi connectivity index (χ1n) is 8.01. The van der Waals surface area contributed by atoms with Crippen molar-refractivity contribution in [1.29, 1.82) is 0 Å². The Hall–Kier alpha value is -2.19. The van der Waals surface area contributed by atoms with Gasteiger partial charge in [-0.2, -0.15) is 4.31 Å². The van der Waals surface area contributed by atoms with Crippen molar-refractivity contribution >= 4 is 15.9 Å². The second-order valence-electron chi connectivity index (χ2n) is 6.12. The molecule has 0 radical (unpaired) electrons. The smallest absolute Gasteiger partial charge is 0.246 e. The van der Waals surface area contributed by atoms with E-state index in [1.807, 2.05) is 22.9 Å². The molecule has 0 spiro atoms. The normalized spacial score (nSPS) is 18.4. The molecule has 0 saturated heterocycles. The molecule has 2 heterocycles. The number of aromatic nitrogens is 1. The monoisotopic (exact) mass is 365 g/mol. The van der Waals surface area contributed by atoms with Gasteiger partial charge in [-0.25, -0.2) is 12.8 Å². The molecule has 1 atom stereocenters. The van der Waals surface area contributed by atoms with Crippen LogP contribution in [0, 0.1) is 11.7 Å². The summed E-state index contributed by atoms with van der Waals surface area (Å²) >= 11 is 0. The second-order valence-corrected chi connectivity index (χ2v) is 8.03. The molecule has 25 heavy (non-hydrogen) atoms. The number of amides is 1. The van der Waals surface area contributed by atoms with Gasteiger partial charge in [-0.3, -0.25) is 4.79 Å². The zero-order valence-electron chi connectivity index (χ0n) is 13.9. The number of carbonyl (C=O) groups is 1. The number of carbonyl (C=O) groups excluding carboxylic acids is 1. The van der Waals surface area contributed by atoms with Crippen LogP contribution in [0.25, 0.3) is 0 Å². The van der Waals surface area contributed by atoms with Gasteiger partial charge in [0.15, 0.2) is 0 Å². The summed E-state index contributed by atoms with van der Waals surface area (Å²) in [5.74, 6) is -1.12. The average molecular weight is 365 g/mol. The van der Waals surface area contributed by atoms with Gasteiger partial charge in [-0.05, 0) is 30.2 Å². The third kappa shape index (κ3) is 3.59. The highest BCUT2D eigenvalue weighted by Crippen LogP contribution is 2.26. The van der Waals surface area contributed by atoms with Crippen LogP contribution in [0.3, 0.4) is 0 Å². The van der Waals surface area contributed by atoms with E-state index in [0.29, 0.717) is 6.54 Å². The summed E-state index contributed by atoms with van der Waals surface area (Å²) in [6.45, 7) is 0.846. The number of sulfonamides is 1. The first-order chi connectivity index (χ1) is 11.9. The van der Waals surface area contributed by atoms with E-state index in [0.717, 1.165) is 11.8 Å². The zero-order chi connectivity index (χ0) is 18.0. The van der Waals surface area contributed by atoms with Crippen LogP contribution in [0.15, 0.2) is 47.5 Å². The number of nitrogens with zero attached hydrogens (tertiary/aromatic N) is 2. The van der Waals surface area contributed by atoms with Gasteiger partial charge < -0.3 is 9.88 Å². The minimum Gasteiger partial charge on any atom is -0.359 e. The maximum absolute atomic E-state index is 14.1. The largest absolute Gasteiger partial charge is 0.359 e. The summed E-state index contributed by atoms with van der Waals surface area (Å²) in [5, 5.41) is 2.57. The van der Waals surface area contributed by atoms with Gasteiger partial charge >= 0.3 is 0 Å². The van der Waals surface area contributed by atoms with Crippen molar-refractivity contribution in [2.24, 2.45) is 5.92 Å². The molecular formula is C17H20FN3O3S. The molecule has 1 aromatic carbocycles. The minimum absolute atomic E-state index is 0.147. The Morgan fingerprint density at radius 2 is 2.00 bits per heavy atom. The molecule has 8 heteroatoms. The van der Waals surface area contributed by atoms with E-state index in [1.165, 1.54) is 22.5 Å². The topological polar surface area (TPSA) is 71.4 Å². The lowest BCUT2D eigenvalue weighted by atomic mass is 10.1. The van der Waals surface area contributed by atoms with E-state index >= 15 is 0 Å². The van der Waals surface area contributed by atoms with Gasteiger partial charge in [0.05, 0.1) is 6.54 Å². The number of rotatable bonds is 4. The average Bonchev–Trinajstić information content (AvgIpc) is 2.93. The molecule has 2 aromatic rings. The van der Waals surface area contributed by atoms with Gasteiger partial charge in [-0.15, -0.1) is 0 Å². The number of halogens is 1. The van der Waals surface area contributed by atoms with E-state index in [-0.39, 0.29) is 36.2 Å². The quantitative estimate of drug-likeness (QED) is 0.894. The molecule has 1 N–H and O–H groups in total. The highest BCUT2D eigenvalue weighted by Gasteiger charge is 2.33. The van der Waals surface area contributed by atoms with Crippen molar-refractivity contribution in [3.05, 3.63) is 54.1 Å². The van der Waals surface area contributed by atoms with E-state index in [1.54, 1.807) is 7.05 Å². The van der Waals surface area contributed by atoms with Gasteiger partial charge in [0.1, 0.15) is 10.7 Å². The third-order valence-corrected chi connectivity index (χ3v) is 6.23. The molecule has 0 unspecified atom stereocenters. The van der Waals surface area contributed by atoms with Crippen molar-refractivity contribution in [2.45, 2.75) is 24.4 Å². The molecule has 3 rings (SSSR count). The maximum Gasteiger partial charge on any atom is 0.246 e.